The highest BCUT2D eigenvalue weighted by Crippen LogP contribution is 2.27. The van der Waals surface area contributed by atoms with Crippen LogP contribution >= 0.6 is 0 Å². The van der Waals surface area contributed by atoms with E-state index in [1.54, 1.807) is 0 Å². The zero-order chi connectivity index (χ0) is 13.0. The Morgan fingerprint density at radius 3 is 2.71 bits per heavy atom. The van der Waals surface area contributed by atoms with Crippen LogP contribution in [0.1, 0.15) is 10.4 Å². The summed E-state index contributed by atoms with van der Waals surface area (Å²) < 4.78 is 0. The summed E-state index contributed by atoms with van der Waals surface area (Å²) in [6.07, 6.45) is 0.519. The number of anilines is 1. The first-order valence-corrected chi connectivity index (χ1v) is 4.68. The average Bonchev–Trinajstić information content (AvgIpc) is 2.27. The van der Waals surface area contributed by atoms with Crippen LogP contribution in [0.15, 0.2) is 18.2 Å². The van der Waals surface area contributed by atoms with Gasteiger partial charge in [0.05, 0.1) is 11.5 Å². The number of nitro groups is 1. The van der Waals surface area contributed by atoms with E-state index >= 15 is 0 Å². The fourth-order valence-electron chi connectivity index (χ4n) is 1.40. The maximum atomic E-state index is 10.8. The van der Waals surface area contributed by atoms with Crippen LogP contribution in [0.4, 0.5) is 11.4 Å². The van der Waals surface area contributed by atoms with Crippen LogP contribution in [-0.2, 0) is 4.79 Å². The SMILES string of the molecule is CN(CC(N)=O)c1ccc(C=O)cc1[N+](=O)[O-]. The lowest BCUT2D eigenvalue weighted by molar-refractivity contribution is -0.384. The molecule has 17 heavy (non-hydrogen) atoms. The Labute approximate surface area is 97.0 Å². The van der Waals surface area contributed by atoms with E-state index in [1.165, 1.54) is 24.1 Å². The van der Waals surface area contributed by atoms with E-state index in [9.17, 15) is 19.7 Å². The maximum Gasteiger partial charge on any atom is 0.293 e. The summed E-state index contributed by atoms with van der Waals surface area (Å²) in [5.74, 6) is -0.596. The molecule has 7 heteroatoms. The molecule has 0 radical (unpaired) electrons. The molecule has 1 rings (SSSR count). The minimum atomic E-state index is -0.611. The molecule has 90 valence electrons. The summed E-state index contributed by atoms with van der Waals surface area (Å²) in [4.78, 5) is 32.8. The number of carbonyl (C=O) groups excluding carboxylic acids is 2. The molecule has 0 spiro atoms. The first-order valence-electron chi connectivity index (χ1n) is 4.68. The van der Waals surface area contributed by atoms with Crippen molar-refractivity contribution in [2.75, 3.05) is 18.5 Å². The molecule has 0 unspecified atom stereocenters. The van der Waals surface area contributed by atoms with Crippen molar-refractivity contribution in [3.8, 4) is 0 Å². The predicted octanol–water partition coefficient (Wildman–Crippen LogP) is 0.329. The molecule has 0 aliphatic heterocycles. The van der Waals surface area contributed by atoms with Crippen LogP contribution in [-0.4, -0.2) is 30.7 Å². The number of primary amides is 1. The summed E-state index contributed by atoms with van der Waals surface area (Å²) in [6.45, 7) is -0.138. The number of hydrogen-bond donors (Lipinski definition) is 1. The second kappa shape index (κ2) is 5.06. The van der Waals surface area contributed by atoms with Crippen LogP contribution < -0.4 is 10.6 Å². The van der Waals surface area contributed by atoms with Crippen molar-refractivity contribution in [3.63, 3.8) is 0 Å². The molecular formula is C10H11N3O4. The lowest BCUT2D eigenvalue weighted by Crippen LogP contribution is -2.30. The summed E-state index contributed by atoms with van der Waals surface area (Å²) in [5.41, 5.74) is 5.21. The van der Waals surface area contributed by atoms with Crippen LogP contribution in [0.25, 0.3) is 0 Å². The van der Waals surface area contributed by atoms with E-state index in [0.29, 0.717) is 6.29 Å². The Bertz CT molecular complexity index is 473. The molecule has 1 amide bonds. The topological polar surface area (TPSA) is 107 Å². The fourth-order valence-corrected chi connectivity index (χ4v) is 1.40. The molecule has 0 aromatic heterocycles. The molecule has 0 heterocycles. The molecule has 0 atom stereocenters. The van der Waals surface area contributed by atoms with Crippen molar-refractivity contribution in [1.82, 2.24) is 0 Å². The van der Waals surface area contributed by atoms with Crippen molar-refractivity contribution in [2.45, 2.75) is 0 Å². The van der Waals surface area contributed by atoms with Gasteiger partial charge in [-0.25, -0.2) is 0 Å². The Hall–Kier alpha value is -2.44. The summed E-state index contributed by atoms with van der Waals surface area (Å²) in [5, 5.41) is 10.8. The number of rotatable bonds is 5. The van der Waals surface area contributed by atoms with E-state index in [0.717, 1.165) is 6.07 Å². The van der Waals surface area contributed by atoms with Gasteiger partial charge in [0.2, 0.25) is 5.91 Å². The van der Waals surface area contributed by atoms with Gasteiger partial charge < -0.3 is 10.6 Å². The van der Waals surface area contributed by atoms with Crippen molar-refractivity contribution in [2.24, 2.45) is 5.73 Å². The number of nitro benzene ring substituents is 1. The Kier molecular flexibility index (Phi) is 3.76. The minimum Gasteiger partial charge on any atom is -0.368 e. The minimum absolute atomic E-state index is 0.138. The van der Waals surface area contributed by atoms with Gasteiger partial charge in [-0.05, 0) is 12.1 Å². The summed E-state index contributed by atoms with van der Waals surface area (Å²) >= 11 is 0. The van der Waals surface area contributed by atoms with Gasteiger partial charge in [-0.1, -0.05) is 0 Å². The van der Waals surface area contributed by atoms with Gasteiger partial charge in [0.1, 0.15) is 12.0 Å². The van der Waals surface area contributed by atoms with E-state index in [2.05, 4.69) is 0 Å². The van der Waals surface area contributed by atoms with Gasteiger partial charge in [0, 0.05) is 18.7 Å². The quantitative estimate of drug-likeness (QED) is 0.451. The molecule has 7 nitrogen and oxygen atoms in total. The van der Waals surface area contributed by atoms with Gasteiger partial charge >= 0.3 is 0 Å². The number of carbonyl (C=O) groups is 2. The fraction of sp³-hybridized carbons (Fsp3) is 0.200. The van der Waals surface area contributed by atoms with Crippen molar-refractivity contribution >= 4 is 23.6 Å². The van der Waals surface area contributed by atoms with Crippen LogP contribution in [0, 0.1) is 10.1 Å². The number of aldehydes is 1. The van der Waals surface area contributed by atoms with Gasteiger partial charge in [-0.3, -0.25) is 19.7 Å². The third-order valence-corrected chi connectivity index (χ3v) is 2.14. The zero-order valence-corrected chi connectivity index (χ0v) is 9.12. The highest BCUT2D eigenvalue weighted by molar-refractivity contribution is 5.83. The van der Waals surface area contributed by atoms with Crippen molar-refractivity contribution in [1.29, 1.82) is 0 Å². The third kappa shape index (κ3) is 3.00. The molecule has 0 aliphatic rings. The van der Waals surface area contributed by atoms with E-state index < -0.39 is 10.8 Å². The molecule has 0 aliphatic carbocycles. The molecule has 2 N–H and O–H groups in total. The molecule has 1 aromatic carbocycles. The number of nitrogens with two attached hydrogens (primary N) is 1. The van der Waals surface area contributed by atoms with Crippen molar-refractivity contribution < 1.29 is 14.5 Å². The highest BCUT2D eigenvalue weighted by Gasteiger charge is 2.18. The van der Waals surface area contributed by atoms with E-state index in [1.807, 2.05) is 0 Å². The second-order valence-electron chi connectivity index (χ2n) is 3.45. The Morgan fingerprint density at radius 1 is 1.59 bits per heavy atom. The molecule has 0 saturated carbocycles. The highest BCUT2D eigenvalue weighted by atomic mass is 16.6. The first kappa shape index (κ1) is 12.6. The lowest BCUT2D eigenvalue weighted by Gasteiger charge is -2.17. The van der Waals surface area contributed by atoms with Crippen LogP contribution in [0.2, 0.25) is 0 Å². The summed E-state index contributed by atoms with van der Waals surface area (Å²) in [7, 11) is 1.51. The zero-order valence-electron chi connectivity index (χ0n) is 9.12. The number of benzene rings is 1. The number of likely N-dealkylation sites (N-methyl/N-ethyl adjacent to an activating group) is 1. The van der Waals surface area contributed by atoms with Gasteiger partial charge in [0.25, 0.3) is 5.69 Å². The molecule has 0 saturated heterocycles. The smallest absolute Gasteiger partial charge is 0.293 e. The number of amides is 1. The second-order valence-corrected chi connectivity index (χ2v) is 3.45. The average molecular weight is 237 g/mol. The van der Waals surface area contributed by atoms with Gasteiger partial charge in [-0.15, -0.1) is 0 Å². The molecule has 0 fully saturated rings. The third-order valence-electron chi connectivity index (χ3n) is 2.14. The van der Waals surface area contributed by atoms with Crippen LogP contribution in [0.3, 0.4) is 0 Å². The monoisotopic (exact) mass is 237 g/mol. The van der Waals surface area contributed by atoms with E-state index in [-0.39, 0.29) is 23.5 Å². The standard InChI is InChI=1S/C10H11N3O4/c1-12(5-10(11)15)8-3-2-7(6-14)4-9(8)13(16)17/h2-4,6H,5H2,1H3,(H2,11,15). The normalized spacial score (nSPS) is 9.71. The largest absolute Gasteiger partial charge is 0.368 e. The van der Waals surface area contributed by atoms with Crippen LogP contribution in [0.5, 0.6) is 0 Å². The number of hydrogen-bond acceptors (Lipinski definition) is 5. The van der Waals surface area contributed by atoms with Crippen molar-refractivity contribution in [3.05, 3.63) is 33.9 Å². The maximum absolute atomic E-state index is 10.8. The molecule has 1 aromatic rings. The molecule has 0 bridgehead atoms. The summed E-state index contributed by atoms with van der Waals surface area (Å²) in [6, 6.07) is 4.00. The molecular weight excluding hydrogens is 226 g/mol. The lowest BCUT2D eigenvalue weighted by atomic mass is 10.1. The number of nitrogens with zero attached hydrogens (tertiary/aromatic N) is 2. The van der Waals surface area contributed by atoms with Gasteiger partial charge in [0.15, 0.2) is 0 Å². The Morgan fingerprint density at radius 2 is 2.24 bits per heavy atom. The van der Waals surface area contributed by atoms with E-state index in [4.69, 9.17) is 5.73 Å². The van der Waals surface area contributed by atoms with Gasteiger partial charge in [-0.2, -0.15) is 0 Å². The predicted molar refractivity (Wildman–Crippen MR) is 60.9 cm³/mol. The first-order chi connectivity index (χ1) is 7.95. The Balaban J connectivity index is 3.18.